The van der Waals surface area contributed by atoms with Crippen molar-refractivity contribution in [3.8, 4) is 11.1 Å². The second-order valence-corrected chi connectivity index (χ2v) is 10.3. The molecule has 38 heavy (non-hydrogen) atoms. The van der Waals surface area contributed by atoms with E-state index in [-0.39, 0.29) is 24.1 Å². The molecule has 1 atom stereocenters. The maximum Gasteiger partial charge on any atom is 0.251 e. The summed E-state index contributed by atoms with van der Waals surface area (Å²) in [6.45, 7) is 6.31. The first-order chi connectivity index (χ1) is 18.2. The molecule has 0 aliphatic carbocycles. The monoisotopic (exact) mass is 513 g/mol. The quantitative estimate of drug-likeness (QED) is 0.426. The Morgan fingerprint density at radius 1 is 1.08 bits per heavy atom. The predicted octanol–water partition coefficient (Wildman–Crippen LogP) is 3.59. The summed E-state index contributed by atoms with van der Waals surface area (Å²) in [7, 11) is 0. The van der Waals surface area contributed by atoms with Gasteiger partial charge in [-0.2, -0.15) is 0 Å². The van der Waals surface area contributed by atoms with Gasteiger partial charge in [-0.25, -0.2) is 4.98 Å². The average molecular weight is 514 g/mol. The molecule has 0 unspecified atom stereocenters. The summed E-state index contributed by atoms with van der Waals surface area (Å²) >= 11 is 0. The van der Waals surface area contributed by atoms with Crippen LogP contribution < -0.4 is 21.3 Å². The molecule has 8 heteroatoms. The van der Waals surface area contributed by atoms with Gasteiger partial charge in [-0.1, -0.05) is 48.5 Å². The number of hydrogen-bond donors (Lipinski definition) is 3. The fraction of sp³-hybridized carbons (Fsp3) is 0.333. The number of nitrogens with two attached hydrogens (primary N) is 1. The second-order valence-electron chi connectivity index (χ2n) is 10.3. The highest BCUT2D eigenvalue weighted by molar-refractivity contribution is 6.01. The van der Waals surface area contributed by atoms with E-state index in [1.54, 1.807) is 24.9 Å². The van der Waals surface area contributed by atoms with E-state index in [9.17, 15) is 14.4 Å². The lowest BCUT2D eigenvalue weighted by Gasteiger charge is -2.26. The van der Waals surface area contributed by atoms with Crippen LogP contribution in [-0.4, -0.2) is 40.8 Å². The van der Waals surface area contributed by atoms with Gasteiger partial charge in [0.05, 0.1) is 6.54 Å². The molecule has 0 saturated carbocycles. The number of benzene rings is 2. The van der Waals surface area contributed by atoms with Crippen LogP contribution in [-0.2, 0) is 22.6 Å². The molecular weight excluding hydrogens is 478 g/mol. The summed E-state index contributed by atoms with van der Waals surface area (Å²) in [4.78, 5) is 45.0. The summed E-state index contributed by atoms with van der Waals surface area (Å²) < 4.78 is 0. The Kier molecular flexibility index (Phi) is 8.22. The Morgan fingerprint density at radius 2 is 1.82 bits per heavy atom. The second kappa shape index (κ2) is 11.6. The minimum atomic E-state index is -0.667. The van der Waals surface area contributed by atoms with Crippen LogP contribution >= 0.6 is 0 Å². The smallest absolute Gasteiger partial charge is 0.251 e. The molecule has 0 spiro atoms. The average Bonchev–Trinajstić information content (AvgIpc) is 3.01. The lowest BCUT2D eigenvalue weighted by Crippen LogP contribution is -2.50. The summed E-state index contributed by atoms with van der Waals surface area (Å²) in [5.74, 6) is 0.0522. The van der Waals surface area contributed by atoms with Crippen LogP contribution in [0.15, 0.2) is 66.9 Å². The summed E-state index contributed by atoms with van der Waals surface area (Å²) in [6.07, 6.45) is 2.91. The summed E-state index contributed by atoms with van der Waals surface area (Å²) in [6, 6.07) is 18.5. The number of rotatable bonds is 8. The minimum Gasteiger partial charge on any atom is -0.352 e. The summed E-state index contributed by atoms with van der Waals surface area (Å²) in [5, 5.41) is 5.76. The van der Waals surface area contributed by atoms with Crippen molar-refractivity contribution in [3.63, 3.8) is 0 Å². The topological polar surface area (TPSA) is 117 Å². The van der Waals surface area contributed by atoms with Crippen LogP contribution in [0, 0.1) is 0 Å². The molecule has 1 aliphatic rings. The van der Waals surface area contributed by atoms with E-state index in [1.807, 2.05) is 67.6 Å². The number of hydrogen-bond acceptors (Lipinski definition) is 5. The maximum atomic E-state index is 13.7. The van der Waals surface area contributed by atoms with Gasteiger partial charge < -0.3 is 16.4 Å². The van der Waals surface area contributed by atoms with Gasteiger partial charge in [0.2, 0.25) is 5.91 Å². The number of carbonyl (C=O) groups excluding carboxylic acids is 3. The normalized spacial score (nSPS) is 15.4. The van der Waals surface area contributed by atoms with E-state index in [1.165, 1.54) is 0 Å². The molecule has 0 saturated heterocycles. The molecule has 198 valence electrons. The van der Waals surface area contributed by atoms with Crippen LogP contribution in [0.5, 0.6) is 0 Å². The highest BCUT2D eigenvalue weighted by Crippen LogP contribution is 2.28. The zero-order valence-corrected chi connectivity index (χ0v) is 22.2. The van der Waals surface area contributed by atoms with E-state index in [4.69, 9.17) is 5.73 Å². The maximum absolute atomic E-state index is 13.7. The number of nitrogens with one attached hydrogen (secondary N) is 2. The Bertz CT molecular complexity index is 1310. The molecule has 8 nitrogen and oxygen atoms in total. The van der Waals surface area contributed by atoms with Gasteiger partial charge in [0, 0.05) is 30.3 Å². The number of anilines is 1. The molecule has 4 N–H and O–H groups in total. The van der Waals surface area contributed by atoms with Gasteiger partial charge in [0.15, 0.2) is 0 Å². The van der Waals surface area contributed by atoms with E-state index >= 15 is 0 Å². The van der Waals surface area contributed by atoms with Gasteiger partial charge in [-0.05, 0) is 68.0 Å². The number of carbonyl (C=O) groups is 3. The third-order valence-electron chi connectivity index (χ3n) is 6.46. The van der Waals surface area contributed by atoms with Gasteiger partial charge in [0.1, 0.15) is 11.9 Å². The van der Waals surface area contributed by atoms with Gasteiger partial charge in [-0.3, -0.25) is 19.3 Å². The van der Waals surface area contributed by atoms with Crippen LogP contribution in [0.25, 0.3) is 11.1 Å². The molecule has 2 aromatic carbocycles. The van der Waals surface area contributed by atoms with E-state index in [0.717, 1.165) is 22.3 Å². The molecule has 4 rings (SSSR count). The van der Waals surface area contributed by atoms with Crippen molar-refractivity contribution in [1.82, 2.24) is 15.6 Å². The number of amides is 3. The highest BCUT2D eigenvalue weighted by Gasteiger charge is 2.33. The Morgan fingerprint density at radius 3 is 2.53 bits per heavy atom. The SMILES string of the molecule is CCNC(=O)c1ccccc1-c1ccc(CN2C(=O)[C@H](NC(=O)CC(C)(C)N)CCc3cccnc32)cc1. The molecule has 0 radical (unpaired) electrons. The van der Waals surface area contributed by atoms with Crippen LogP contribution in [0.4, 0.5) is 5.82 Å². The first kappa shape index (κ1) is 27.0. The van der Waals surface area contributed by atoms with Crippen molar-refractivity contribution in [2.24, 2.45) is 5.73 Å². The summed E-state index contributed by atoms with van der Waals surface area (Å²) in [5.41, 5.74) is 9.58. The molecule has 3 amide bonds. The predicted molar refractivity (Wildman–Crippen MR) is 148 cm³/mol. The van der Waals surface area contributed by atoms with Crippen LogP contribution in [0.3, 0.4) is 0 Å². The van der Waals surface area contributed by atoms with Crippen molar-refractivity contribution in [2.45, 2.75) is 58.2 Å². The van der Waals surface area contributed by atoms with Crippen molar-refractivity contribution in [3.05, 3.63) is 83.6 Å². The first-order valence-electron chi connectivity index (χ1n) is 13.0. The third-order valence-corrected chi connectivity index (χ3v) is 6.46. The van der Waals surface area contributed by atoms with Crippen molar-refractivity contribution in [1.29, 1.82) is 0 Å². The molecule has 1 aromatic heterocycles. The zero-order chi connectivity index (χ0) is 27.3. The molecular formula is C30H35N5O3. The van der Waals surface area contributed by atoms with Crippen LogP contribution in [0.1, 0.15) is 55.1 Å². The molecule has 0 fully saturated rings. The molecule has 2 heterocycles. The number of fused-ring (bicyclic) bond motifs is 1. The Hall–Kier alpha value is -4.04. The van der Waals surface area contributed by atoms with Crippen molar-refractivity contribution >= 4 is 23.5 Å². The van der Waals surface area contributed by atoms with E-state index in [2.05, 4.69) is 15.6 Å². The molecule has 0 bridgehead atoms. The highest BCUT2D eigenvalue weighted by atomic mass is 16.2. The van der Waals surface area contributed by atoms with Gasteiger partial charge in [0.25, 0.3) is 11.8 Å². The molecule has 3 aromatic rings. The number of nitrogens with zero attached hydrogens (tertiary/aromatic N) is 2. The van der Waals surface area contributed by atoms with Gasteiger partial charge in [-0.15, -0.1) is 0 Å². The lowest BCUT2D eigenvalue weighted by atomic mass is 9.98. The third kappa shape index (κ3) is 6.44. The fourth-order valence-electron chi connectivity index (χ4n) is 4.69. The fourth-order valence-corrected chi connectivity index (χ4v) is 4.69. The number of pyridine rings is 1. The van der Waals surface area contributed by atoms with E-state index < -0.39 is 11.6 Å². The number of aromatic nitrogens is 1. The zero-order valence-electron chi connectivity index (χ0n) is 22.2. The Balaban J connectivity index is 1.59. The van der Waals surface area contributed by atoms with Crippen LogP contribution in [0.2, 0.25) is 0 Å². The lowest BCUT2D eigenvalue weighted by molar-refractivity contribution is -0.128. The minimum absolute atomic E-state index is 0.115. The standard InChI is InChI=1S/C30H35N5O3/c1-4-32-28(37)24-10-6-5-9-23(24)21-13-11-20(12-14-21)19-35-27-22(8-7-17-33-27)15-16-25(29(35)38)34-26(36)18-30(2,3)31/h5-14,17,25H,4,15-16,18-19,31H2,1-3H3,(H,32,37)(H,34,36)/t25-/m1/s1. The van der Waals surface area contributed by atoms with Crippen molar-refractivity contribution < 1.29 is 14.4 Å². The van der Waals surface area contributed by atoms with Crippen molar-refractivity contribution in [2.75, 3.05) is 11.4 Å². The van der Waals surface area contributed by atoms with Gasteiger partial charge >= 0.3 is 0 Å². The molecule has 1 aliphatic heterocycles. The number of aryl methyl sites for hydroxylation is 1. The largest absolute Gasteiger partial charge is 0.352 e. The van der Waals surface area contributed by atoms with E-state index in [0.29, 0.717) is 37.3 Å². The first-order valence-corrected chi connectivity index (χ1v) is 13.0. The Labute approximate surface area is 223 Å².